The van der Waals surface area contributed by atoms with Crippen LogP contribution in [0, 0.1) is 5.92 Å². The second-order valence-electron chi connectivity index (χ2n) is 5.78. The van der Waals surface area contributed by atoms with Crippen molar-refractivity contribution in [3.63, 3.8) is 0 Å². The van der Waals surface area contributed by atoms with E-state index in [9.17, 15) is 9.90 Å². The van der Waals surface area contributed by atoms with E-state index in [1.807, 2.05) is 23.1 Å². The summed E-state index contributed by atoms with van der Waals surface area (Å²) in [6.07, 6.45) is 6.92. The van der Waals surface area contributed by atoms with Gasteiger partial charge in [0.1, 0.15) is 0 Å². The number of aliphatic hydroxyl groups is 1. The number of hydrogen-bond donors (Lipinski definition) is 1. The minimum atomic E-state index is -0.395. The molecule has 1 N–H and O–H groups in total. The molecule has 1 heterocycles. The third-order valence-corrected chi connectivity index (χ3v) is 4.44. The zero-order valence-corrected chi connectivity index (χ0v) is 11.6. The van der Waals surface area contributed by atoms with Crippen LogP contribution in [0.25, 0.3) is 0 Å². The first-order valence-corrected chi connectivity index (χ1v) is 7.43. The Balaban J connectivity index is 1.71. The molecule has 1 saturated heterocycles. The second-order valence-corrected chi connectivity index (χ2v) is 5.78. The predicted octanol–water partition coefficient (Wildman–Crippen LogP) is 2.16. The SMILES string of the molecule is O=C(C1CC=CC1)N1CC[C@@H](O)[C@H]1Cc1ccccc1. The van der Waals surface area contributed by atoms with Gasteiger partial charge in [-0.1, -0.05) is 42.5 Å². The molecule has 3 heteroatoms. The molecule has 0 bridgehead atoms. The Bertz CT molecular complexity index is 489. The highest BCUT2D eigenvalue weighted by Gasteiger charge is 2.38. The van der Waals surface area contributed by atoms with Crippen LogP contribution in [0.4, 0.5) is 0 Å². The third kappa shape index (κ3) is 2.63. The molecule has 3 nitrogen and oxygen atoms in total. The van der Waals surface area contributed by atoms with Crippen molar-refractivity contribution in [2.24, 2.45) is 5.92 Å². The van der Waals surface area contributed by atoms with Crippen molar-refractivity contribution in [2.75, 3.05) is 6.54 Å². The number of carbonyl (C=O) groups excluding carboxylic acids is 1. The number of benzene rings is 1. The molecule has 1 aromatic carbocycles. The summed E-state index contributed by atoms with van der Waals surface area (Å²) in [7, 11) is 0. The van der Waals surface area contributed by atoms with Crippen LogP contribution in [0.15, 0.2) is 42.5 Å². The molecule has 1 aliphatic carbocycles. The predicted molar refractivity (Wildman–Crippen MR) is 78.1 cm³/mol. The summed E-state index contributed by atoms with van der Waals surface area (Å²) in [5, 5.41) is 10.2. The van der Waals surface area contributed by atoms with Gasteiger partial charge >= 0.3 is 0 Å². The Morgan fingerprint density at radius 3 is 2.60 bits per heavy atom. The van der Waals surface area contributed by atoms with E-state index in [2.05, 4.69) is 24.3 Å². The van der Waals surface area contributed by atoms with Crippen molar-refractivity contribution in [2.45, 2.75) is 37.8 Å². The molecular formula is C17H21NO2. The van der Waals surface area contributed by atoms with E-state index in [0.29, 0.717) is 13.0 Å². The fraction of sp³-hybridized carbons (Fsp3) is 0.471. The van der Waals surface area contributed by atoms with Gasteiger partial charge in [-0.2, -0.15) is 0 Å². The number of carbonyl (C=O) groups is 1. The average Bonchev–Trinajstić information content (AvgIpc) is 3.11. The molecule has 106 valence electrons. The smallest absolute Gasteiger partial charge is 0.226 e. The molecule has 3 rings (SSSR count). The molecule has 0 saturated carbocycles. The summed E-state index contributed by atoms with van der Waals surface area (Å²) in [6, 6.07) is 10.1. The number of hydrogen-bond acceptors (Lipinski definition) is 2. The Hall–Kier alpha value is -1.61. The summed E-state index contributed by atoms with van der Waals surface area (Å²) in [5.41, 5.74) is 1.18. The summed E-state index contributed by atoms with van der Waals surface area (Å²) in [6.45, 7) is 0.688. The molecule has 0 aromatic heterocycles. The largest absolute Gasteiger partial charge is 0.391 e. The van der Waals surface area contributed by atoms with Crippen LogP contribution < -0.4 is 0 Å². The van der Waals surface area contributed by atoms with Crippen molar-refractivity contribution < 1.29 is 9.90 Å². The summed E-state index contributed by atoms with van der Waals surface area (Å²) < 4.78 is 0. The molecular weight excluding hydrogens is 250 g/mol. The fourth-order valence-corrected chi connectivity index (χ4v) is 3.27. The molecule has 1 fully saturated rings. The van der Waals surface area contributed by atoms with Gasteiger partial charge in [-0.25, -0.2) is 0 Å². The maximum atomic E-state index is 12.6. The zero-order chi connectivity index (χ0) is 13.9. The minimum absolute atomic E-state index is 0.0644. The van der Waals surface area contributed by atoms with E-state index < -0.39 is 6.10 Å². The topological polar surface area (TPSA) is 40.5 Å². The Kier molecular flexibility index (Phi) is 3.88. The minimum Gasteiger partial charge on any atom is -0.391 e. The number of amides is 1. The van der Waals surface area contributed by atoms with Crippen molar-refractivity contribution in [1.29, 1.82) is 0 Å². The summed E-state index contributed by atoms with van der Waals surface area (Å²) in [4.78, 5) is 14.5. The summed E-state index contributed by atoms with van der Waals surface area (Å²) >= 11 is 0. The van der Waals surface area contributed by atoms with Crippen molar-refractivity contribution in [3.05, 3.63) is 48.0 Å². The lowest BCUT2D eigenvalue weighted by Crippen LogP contribution is -2.43. The van der Waals surface area contributed by atoms with Gasteiger partial charge in [-0.15, -0.1) is 0 Å². The fourth-order valence-electron chi connectivity index (χ4n) is 3.27. The highest BCUT2D eigenvalue weighted by molar-refractivity contribution is 5.80. The van der Waals surface area contributed by atoms with Crippen molar-refractivity contribution in [1.82, 2.24) is 4.90 Å². The van der Waals surface area contributed by atoms with E-state index in [0.717, 1.165) is 19.3 Å². The monoisotopic (exact) mass is 271 g/mol. The third-order valence-electron chi connectivity index (χ3n) is 4.44. The Labute approximate surface area is 119 Å². The van der Waals surface area contributed by atoms with Crippen LogP contribution in [0.2, 0.25) is 0 Å². The van der Waals surface area contributed by atoms with Gasteiger partial charge in [0.05, 0.1) is 12.1 Å². The number of aliphatic hydroxyl groups excluding tert-OH is 1. The number of nitrogens with zero attached hydrogens (tertiary/aromatic N) is 1. The van der Waals surface area contributed by atoms with Crippen LogP contribution in [-0.2, 0) is 11.2 Å². The normalized spacial score (nSPS) is 26.4. The van der Waals surface area contributed by atoms with E-state index >= 15 is 0 Å². The quantitative estimate of drug-likeness (QED) is 0.856. The van der Waals surface area contributed by atoms with Crippen LogP contribution >= 0.6 is 0 Å². The van der Waals surface area contributed by atoms with Crippen molar-refractivity contribution >= 4 is 5.91 Å². The van der Waals surface area contributed by atoms with Gasteiger partial charge in [-0.05, 0) is 31.2 Å². The molecule has 20 heavy (non-hydrogen) atoms. The molecule has 2 aliphatic rings. The van der Waals surface area contributed by atoms with Crippen molar-refractivity contribution in [3.8, 4) is 0 Å². The lowest BCUT2D eigenvalue weighted by atomic mass is 10.00. The second kappa shape index (κ2) is 5.80. The van der Waals surface area contributed by atoms with Crippen LogP contribution in [-0.4, -0.2) is 34.6 Å². The molecule has 0 spiro atoms. The van der Waals surface area contributed by atoms with E-state index in [-0.39, 0.29) is 17.9 Å². The Morgan fingerprint density at radius 2 is 1.90 bits per heavy atom. The molecule has 1 aliphatic heterocycles. The number of likely N-dealkylation sites (tertiary alicyclic amines) is 1. The van der Waals surface area contributed by atoms with Crippen LogP contribution in [0.5, 0.6) is 0 Å². The highest BCUT2D eigenvalue weighted by Crippen LogP contribution is 2.27. The lowest BCUT2D eigenvalue weighted by molar-refractivity contribution is -0.136. The molecule has 2 atom stereocenters. The molecule has 1 aromatic rings. The Morgan fingerprint density at radius 1 is 1.20 bits per heavy atom. The first kappa shape index (κ1) is 13.4. The van der Waals surface area contributed by atoms with Gasteiger partial charge < -0.3 is 10.0 Å². The molecule has 1 amide bonds. The van der Waals surface area contributed by atoms with E-state index in [1.54, 1.807) is 0 Å². The first-order chi connectivity index (χ1) is 9.75. The van der Waals surface area contributed by atoms with E-state index in [4.69, 9.17) is 0 Å². The maximum absolute atomic E-state index is 12.6. The van der Waals surface area contributed by atoms with Gasteiger partial charge in [0.15, 0.2) is 0 Å². The van der Waals surface area contributed by atoms with Gasteiger partial charge in [0, 0.05) is 12.5 Å². The average molecular weight is 271 g/mol. The number of rotatable bonds is 3. The standard InChI is InChI=1S/C17H21NO2/c19-16-10-11-18(17(20)14-8-4-5-9-14)15(16)12-13-6-2-1-3-7-13/h1-7,14-16,19H,8-12H2/t15-,16-/m1/s1. The number of allylic oxidation sites excluding steroid dienone is 2. The molecule has 0 unspecified atom stereocenters. The highest BCUT2D eigenvalue weighted by atomic mass is 16.3. The van der Waals surface area contributed by atoms with Gasteiger partial charge in [-0.3, -0.25) is 4.79 Å². The summed E-state index contributed by atoms with van der Waals surface area (Å²) in [5.74, 6) is 0.311. The van der Waals surface area contributed by atoms with Crippen LogP contribution in [0.1, 0.15) is 24.8 Å². The molecule has 0 radical (unpaired) electrons. The van der Waals surface area contributed by atoms with E-state index in [1.165, 1.54) is 5.56 Å². The maximum Gasteiger partial charge on any atom is 0.226 e. The van der Waals surface area contributed by atoms with Gasteiger partial charge in [0.2, 0.25) is 5.91 Å². The lowest BCUT2D eigenvalue weighted by Gasteiger charge is -2.28. The van der Waals surface area contributed by atoms with Gasteiger partial charge in [0.25, 0.3) is 0 Å². The van der Waals surface area contributed by atoms with Crippen LogP contribution in [0.3, 0.4) is 0 Å². The zero-order valence-electron chi connectivity index (χ0n) is 11.6. The first-order valence-electron chi connectivity index (χ1n) is 7.43.